The van der Waals surface area contributed by atoms with E-state index in [0.29, 0.717) is 11.1 Å². The van der Waals surface area contributed by atoms with E-state index in [9.17, 15) is 9.59 Å². The first-order valence-corrected chi connectivity index (χ1v) is 10.7. The lowest BCUT2D eigenvalue weighted by atomic mass is 9.97. The number of carbonyl (C=O) groups is 2. The van der Waals surface area contributed by atoms with Crippen LogP contribution in [-0.4, -0.2) is 46.3 Å². The van der Waals surface area contributed by atoms with Gasteiger partial charge in [-0.05, 0) is 79.7 Å². The second kappa shape index (κ2) is 7.34. The molecule has 2 aliphatic heterocycles. The van der Waals surface area contributed by atoms with Crippen LogP contribution in [0.15, 0.2) is 24.3 Å². The third kappa shape index (κ3) is 4.86. The molecule has 0 amide bonds. The number of esters is 2. The maximum absolute atomic E-state index is 12.6. The molecule has 0 spiro atoms. The first-order chi connectivity index (χ1) is 13.6. The predicted octanol–water partition coefficient (Wildman–Crippen LogP) is 3.84. The molecule has 1 aromatic carbocycles. The Balaban J connectivity index is 1.63. The summed E-state index contributed by atoms with van der Waals surface area (Å²) >= 11 is 0. The summed E-state index contributed by atoms with van der Waals surface area (Å²) in [6.45, 7) is 16.6. The Morgan fingerprint density at radius 2 is 1.00 bits per heavy atom. The summed E-state index contributed by atoms with van der Waals surface area (Å²) in [6, 6.07) is 6.51. The molecule has 0 bridgehead atoms. The van der Waals surface area contributed by atoms with E-state index < -0.39 is 0 Å². The highest BCUT2D eigenvalue weighted by Gasteiger charge is 2.47. The number of ether oxygens (including phenoxy) is 2. The normalized spacial score (nSPS) is 28.1. The molecule has 2 atom stereocenters. The fourth-order valence-corrected chi connectivity index (χ4v) is 4.96. The molecule has 2 unspecified atom stereocenters. The number of nitrogens with one attached hydrogen (secondary N) is 2. The Bertz CT molecular complexity index is 755. The maximum atomic E-state index is 12.6. The van der Waals surface area contributed by atoms with E-state index in [2.05, 4.69) is 38.3 Å². The first kappa shape index (κ1) is 22.8. The number of hydrogen-bond acceptors (Lipinski definition) is 6. The molecule has 2 fully saturated rings. The summed E-state index contributed by atoms with van der Waals surface area (Å²) in [4.78, 5) is 25.3. The van der Waals surface area contributed by atoms with E-state index in [0.717, 1.165) is 12.8 Å². The number of benzene rings is 1. The van der Waals surface area contributed by atoms with Gasteiger partial charge in [0.05, 0.1) is 22.2 Å². The molecular formula is C24H36N2O4. The number of rotatable bonds is 4. The van der Waals surface area contributed by atoms with Gasteiger partial charge in [0.15, 0.2) is 0 Å². The van der Waals surface area contributed by atoms with Gasteiger partial charge in [-0.1, -0.05) is 0 Å². The van der Waals surface area contributed by atoms with Gasteiger partial charge in [-0.3, -0.25) is 0 Å². The van der Waals surface area contributed by atoms with Crippen LogP contribution in [0.2, 0.25) is 0 Å². The predicted molar refractivity (Wildman–Crippen MR) is 117 cm³/mol. The summed E-state index contributed by atoms with van der Waals surface area (Å²) in [7, 11) is 0. The second-order valence-corrected chi connectivity index (χ2v) is 11.2. The molecule has 1 aromatic rings. The summed E-state index contributed by atoms with van der Waals surface area (Å²) in [5, 5.41) is 7.01. The van der Waals surface area contributed by atoms with Crippen molar-refractivity contribution in [2.24, 2.45) is 0 Å². The van der Waals surface area contributed by atoms with Crippen LogP contribution in [0.5, 0.6) is 0 Å². The lowest BCUT2D eigenvalue weighted by molar-refractivity contribution is 0.0160. The molecule has 2 saturated heterocycles. The van der Waals surface area contributed by atoms with Crippen molar-refractivity contribution in [3.8, 4) is 0 Å². The molecule has 2 N–H and O–H groups in total. The summed E-state index contributed by atoms with van der Waals surface area (Å²) < 4.78 is 11.6. The van der Waals surface area contributed by atoms with Gasteiger partial charge in [0, 0.05) is 23.9 Å². The van der Waals surface area contributed by atoms with Crippen molar-refractivity contribution in [1.82, 2.24) is 10.6 Å². The minimum atomic E-state index is -0.379. The topological polar surface area (TPSA) is 76.7 Å². The summed E-state index contributed by atoms with van der Waals surface area (Å²) in [5.41, 5.74) is 0.100. The van der Waals surface area contributed by atoms with Crippen molar-refractivity contribution in [2.75, 3.05) is 0 Å². The van der Waals surface area contributed by atoms with Gasteiger partial charge >= 0.3 is 11.9 Å². The zero-order chi connectivity index (χ0) is 22.5. The van der Waals surface area contributed by atoms with Crippen molar-refractivity contribution < 1.29 is 19.1 Å². The highest BCUT2D eigenvalue weighted by atomic mass is 16.6. The van der Waals surface area contributed by atoms with Crippen LogP contribution in [-0.2, 0) is 9.47 Å². The Kier molecular flexibility index (Phi) is 5.57. The van der Waals surface area contributed by atoms with Crippen molar-refractivity contribution >= 4 is 11.9 Å². The van der Waals surface area contributed by atoms with Crippen LogP contribution in [0.3, 0.4) is 0 Å². The summed E-state index contributed by atoms with van der Waals surface area (Å²) in [5.74, 6) is -0.759. The molecule has 0 aromatic heterocycles. The molecule has 2 aliphatic rings. The van der Waals surface area contributed by atoms with Crippen LogP contribution in [0, 0.1) is 0 Å². The molecule has 3 rings (SSSR count). The van der Waals surface area contributed by atoms with Crippen LogP contribution in [0.25, 0.3) is 0 Å². The minimum absolute atomic E-state index is 0.0838. The van der Waals surface area contributed by atoms with E-state index in [1.54, 1.807) is 24.3 Å². The second-order valence-electron chi connectivity index (χ2n) is 11.2. The van der Waals surface area contributed by atoms with E-state index in [4.69, 9.17) is 9.47 Å². The van der Waals surface area contributed by atoms with Crippen molar-refractivity contribution in [3.63, 3.8) is 0 Å². The average molecular weight is 417 g/mol. The van der Waals surface area contributed by atoms with Crippen LogP contribution >= 0.6 is 0 Å². The van der Waals surface area contributed by atoms with Crippen molar-refractivity contribution in [2.45, 2.75) is 103 Å². The molecule has 2 heterocycles. The van der Waals surface area contributed by atoms with Crippen molar-refractivity contribution in [1.29, 1.82) is 0 Å². The third-order valence-corrected chi connectivity index (χ3v) is 6.18. The minimum Gasteiger partial charge on any atom is -0.457 e. The molecule has 6 heteroatoms. The third-order valence-electron chi connectivity index (χ3n) is 6.18. The molecule has 0 aliphatic carbocycles. The molecular weight excluding hydrogens is 380 g/mol. The largest absolute Gasteiger partial charge is 0.457 e. The highest BCUT2D eigenvalue weighted by molar-refractivity contribution is 5.93. The van der Waals surface area contributed by atoms with Gasteiger partial charge in [0.1, 0.15) is 12.2 Å². The molecule has 6 nitrogen and oxygen atoms in total. The monoisotopic (exact) mass is 416 g/mol. The highest BCUT2D eigenvalue weighted by Crippen LogP contribution is 2.34. The van der Waals surface area contributed by atoms with E-state index in [1.165, 1.54) is 0 Å². The molecule has 0 radical (unpaired) electrons. The Morgan fingerprint density at radius 3 is 1.23 bits per heavy atom. The van der Waals surface area contributed by atoms with Gasteiger partial charge in [-0.25, -0.2) is 9.59 Å². The smallest absolute Gasteiger partial charge is 0.338 e. The van der Waals surface area contributed by atoms with Crippen LogP contribution in [0.4, 0.5) is 0 Å². The zero-order valence-electron chi connectivity index (χ0n) is 19.5. The van der Waals surface area contributed by atoms with Crippen LogP contribution < -0.4 is 10.6 Å². The Morgan fingerprint density at radius 1 is 0.700 bits per heavy atom. The van der Waals surface area contributed by atoms with E-state index >= 15 is 0 Å². The van der Waals surface area contributed by atoms with Gasteiger partial charge in [-0.15, -0.1) is 0 Å². The molecule has 166 valence electrons. The van der Waals surface area contributed by atoms with E-state index in [1.807, 2.05) is 27.7 Å². The van der Waals surface area contributed by atoms with E-state index in [-0.39, 0.29) is 46.3 Å². The lowest BCUT2D eigenvalue weighted by Crippen LogP contribution is -2.47. The maximum Gasteiger partial charge on any atom is 0.338 e. The Hall–Kier alpha value is -1.92. The lowest BCUT2D eigenvalue weighted by Gasteiger charge is -2.28. The number of hydrogen-bond donors (Lipinski definition) is 2. The number of carbonyl (C=O) groups excluding carboxylic acids is 2. The fraction of sp³-hybridized carbons (Fsp3) is 0.667. The van der Waals surface area contributed by atoms with Gasteiger partial charge in [-0.2, -0.15) is 0 Å². The quantitative estimate of drug-likeness (QED) is 0.727. The Labute approximate surface area is 180 Å². The van der Waals surface area contributed by atoms with Crippen LogP contribution in [0.1, 0.15) is 88.9 Å². The average Bonchev–Trinajstić information content (AvgIpc) is 2.92. The van der Waals surface area contributed by atoms with Crippen molar-refractivity contribution in [3.05, 3.63) is 35.4 Å². The van der Waals surface area contributed by atoms with Gasteiger partial charge in [0.2, 0.25) is 0 Å². The SMILES string of the molecule is CC1(C)CC(OC(=O)c2ccc(C(=O)OC3CC(C)(C)NC3(C)C)cc2)C(C)(C)N1. The molecule has 30 heavy (non-hydrogen) atoms. The standard InChI is InChI=1S/C24H36N2O4/c1-21(2)13-17(23(5,6)25-21)29-19(27)15-9-11-16(12-10-15)20(28)30-18-14-22(3,4)26-24(18,7)8/h9-12,17-18,25-26H,13-14H2,1-8H3. The van der Waals surface area contributed by atoms with Gasteiger partial charge < -0.3 is 20.1 Å². The fourth-order valence-electron chi connectivity index (χ4n) is 4.96. The summed E-state index contributed by atoms with van der Waals surface area (Å²) in [6.07, 6.45) is 1.06. The first-order valence-electron chi connectivity index (χ1n) is 10.7. The zero-order valence-corrected chi connectivity index (χ0v) is 19.5. The van der Waals surface area contributed by atoms with Gasteiger partial charge in [0.25, 0.3) is 0 Å². The molecule has 0 saturated carbocycles.